The summed E-state index contributed by atoms with van der Waals surface area (Å²) in [6, 6.07) is 0.268. The van der Waals surface area contributed by atoms with Gasteiger partial charge in [-0.05, 0) is 26.0 Å². The van der Waals surface area contributed by atoms with Gasteiger partial charge < -0.3 is 10.6 Å². The molecule has 4 heteroatoms. The van der Waals surface area contributed by atoms with E-state index in [0.29, 0.717) is 0 Å². The van der Waals surface area contributed by atoms with E-state index in [0.717, 1.165) is 31.4 Å². The van der Waals surface area contributed by atoms with Gasteiger partial charge in [0.25, 0.3) is 0 Å². The summed E-state index contributed by atoms with van der Waals surface area (Å²) in [6.45, 7) is 2.08. The maximum Gasteiger partial charge on any atom is 0.242 e. The van der Waals surface area contributed by atoms with Gasteiger partial charge in [-0.2, -0.15) is 11.8 Å². The number of amides is 1. The van der Waals surface area contributed by atoms with E-state index in [4.69, 9.17) is 5.73 Å². The first kappa shape index (κ1) is 13.8. The quantitative estimate of drug-likeness (QED) is 0.821. The molecule has 1 unspecified atom stereocenters. The number of nitrogens with zero attached hydrogens (tertiary/aromatic N) is 1. The molecule has 2 N–H and O–H groups in total. The molecule has 0 saturated heterocycles. The van der Waals surface area contributed by atoms with Crippen LogP contribution < -0.4 is 5.73 Å². The lowest BCUT2D eigenvalue weighted by Gasteiger charge is -2.37. The molecular weight excluding hydrogens is 220 g/mol. The zero-order chi connectivity index (χ0) is 12.2. The van der Waals surface area contributed by atoms with Crippen LogP contribution in [0.5, 0.6) is 0 Å². The fourth-order valence-electron chi connectivity index (χ4n) is 2.30. The lowest BCUT2D eigenvalue weighted by Crippen LogP contribution is -2.57. The number of nitrogens with two attached hydrogens (primary N) is 1. The van der Waals surface area contributed by atoms with Crippen LogP contribution in [0.25, 0.3) is 0 Å². The monoisotopic (exact) mass is 244 g/mol. The van der Waals surface area contributed by atoms with Crippen molar-refractivity contribution in [2.75, 3.05) is 19.1 Å². The minimum Gasteiger partial charge on any atom is -0.341 e. The van der Waals surface area contributed by atoms with Crippen LogP contribution in [0.2, 0.25) is 0 Å². The number of thioether (sulfide) groups is 1. The molecule has 1 aliphatic rings. The highest BCUT2D eigenvalue weighted by Crippen LogP contribution is 2.28. The van der Waals surface area contributed by atoms with Crippen molar-refractivity contribution in [2.24, 2.45) is 5.73 Å². The highest BCUT2D eigenvalue weighted by atomic mass is 32.2. The molecule has 94 valence electrons. The summed E-state index contributed by atoms with van der Waals surface area (Å²) in [4.78, 5) is 14.2. The SMILES string of the molecule is CSCC(C)N(C)C(=O)C1(N)CCCCC1. The van der Waals surface area contributed by atoms with Crippen LogP contribution in [0.4, 0.5) is 0 Å². The van der Waals surface area contributed by atoms with Gasteiger partial charge in [-0.15, -0.1) is 0 Å². The summed E-state index contributed by atoms with van der Waals surface area (Å²) < 4.78 is 0. The Labute approximate surface area is 103 Å². The number of hydrogen-bond acceptors (Lipinski definition) is 3. The Kier molecular flexibility index (Phi) is 5.12. The fourth-order valence-corrected chi connectivity index (χ4v) is 3.01. The van der Waals surface area contributed by atoms with E-state index < -0.39 is 5.54 Å². The lowest BCUT2D eigenvalue weighted by atomic mass is 9.81. The van der Waals surface area contributed by atoms with E-state index in [2.05, 4.69) is 13.2 Å². The van der Waals surface area contributed by atoms with Crippen molar-refractivity contribution in [1.82, 2.24) is 4.90 Å². The molecule has 0 aromatic rings. The minimum absolute atomic E-state index is 0.133. The van der Waals surface area contributed by atoms with Gasteiger partial charge in [0.1, 0.15) is 0 Å². The van der Waals surface area contributed by atoms with Crippen molar-refractivity contribution < 1.29 is 4.79 Å². The van der Waals surface area contributed by atoms with Crippen molar-refractivity contribution in [2.45, 2.75) is 50.6 Å². The van der Waals surface area contributed by atoms with E-state index in [1.807, 2.05) is 11.9 Å². The number of carbonyl (C=O) groups is 1. The zero-order valence-electron chi connectivity index (χ0n) is 10.7. The Hall–Kier alpha value is -0.220. The average Bonchev–Trinajstić information content (AvgIpc) is 2.28. The van der Waals surface area contributed by atoms with Gasteiger partial charge in [0.2, 0.25) is 5.91 Å². The topological polar surface area (TPSA) is 46.3 Å². The highest BCUT2D eigenvalue weighted by molar-refractivity contribution is 7.98. The molecule has 0 aromatic heterocycles. The largest absolute Gasteiger partial charge is 0.341 e. The second-order valence-electron chi connectivity index (χ2n) is 4.94. The molecule has 1 aliphatic carbocycles. The summed E-state index contributed by atoms with van der Waals surface area (Å²) in [5.74, 6) is 1.10. The molecule has 3 nitrogen and oxygen atoms in total. The van der Waals surface area contributed by atoms with E-state index in [1.54, 1.807) is 11.8 Å². The van der Waals surface area contributed by atoms with Crippen LogP contribution in [0.15, 0.2) is 0 Å². The first-order valence-corrected chi connectivity index (χ1v) is 7.46. The molecular formula is C12H24N2OS. The van der Waals surface area contributed by atoms with E-state index in [9.17, 15) is 4.79 Å². The van der Waals surface area contributed by atoms with Crippen molar-refractivity contribution >= 4 is 17.7 Å². The second kappa shape index (κ2) is 5.92. The molecule has 0 aromatic carbocycles. The summed E-state index contributed by atoms with van der Waals surface area (Å²) >= 11 is 1.77. The summed E-state index contributed by atoms with van der Waals surface area (Å²) in [6.07, 6.45) is 7.16. The van der Waals surface area contributed by atoms with Crippen molar-refractivity contribution in [3.8, 4) is 0 Å². The van der Waals surface area contributed by atoms with Crippen molar-refractivity contribution in [3.05, 3.63) is 0 Å². The number of likely N-dealkylation sites (N-methyl/N-ethyl adjacent to an activating group) is 1. The fraction of sp³-hybridized carbons (Fsp3) is 0.917. The molecule has 0 spiro atoms. The van der Waals surface area contributed by atoms with Gasteiger partial charge >= 0.3 is 0 Å². The molecule has 0 bridgehead atoms. The number of hydrogen-bond donors (Lipinski definition) is 1. The molecule has 16 heavy (non-hydrogen) atoms. The van der Waals surface area contributed by atoms with E-state index in [1.165, 1.54) is 6.42 Å². The predicted molar refractivity (Wildman–Crippen MR) is 70.6 cm³/mol. The van der Waals surface area contributed by atoms with Gasteiger partial charge in [-0.25, -0.2) is 0 Å². The number of rotatable bonds is 4. The van der Waals surface area contributed by atoms with Gasteiger partial charge in [-0.1, -0.05) is 19.3 Å². The Morgan fingerprint density at radius 1 is 1.44 bits per heavy atom. The molecule has 1 atom stereocenters. The first-order valence-electron chi connectivity index (χ1n) is 6.06. The maximum absolute atomic E-state index is 12.3. The third kappa shape index (κ3) is 3.14. The smallest absolute Gasteiger partial charge is 0.242 e. The zero-order valence-corrected chi connectivity index (χ0v) is 11.5. The lowest BCUT2D eigenvalue weighted by molar-refractivity contribution is -0.138. The number of carbonyl (C=O) groups excluding carboxylic acids is 1. The van der Waals surface area contributed by atoms with E-state index >= 15 is 0 Å². The molecule has 1 saturated carbocycles. The molecule has 0 radical (unpaired) electrons. The molecule has 1 rings (SSSR count). The van der Waals surface area contributed by atoms with Gasteiger partial charge in [0.15, 0.2) is 0 Å². The molecule has 1 amide bonds. The standard InChI is InChI=1S/C12H24N2OS/c1-10(9-16-3)14(2)11(15)12(13)7-5-4-6-8-12/h10H,4-9,13H2,1-3H3. The summed E-state index contributed by atoms with van der Waals surface area (Å²) in [5.41, 5.74) is 5.66. The van der Waals surface area contributed by atoms with E-state index in [-0.39, 0.29) is 11.9 Å². The Balaban J connectivity index is 2.61. The van der Waals surface area contributed by atoms with Crippen LogP contribution in [0, 0.1) is 0 Å². The van der Waals surface area contributed by atoms with Gasteiger partial charge in [0, 0.05) is 18.8 Å². The van der Waals surface area contributed by atoms with Gasteiger partial charge in [0.05, 0.1) is 5.54 Å². The Bertz CT molecular complexity index is 239. The first-order chi connectivity index (χ1) is 7.51. The van der Waals surface area contributed by atoms with Crippen molar-refractivity contribution in [1.29, 1.82) is 0 Å². The molecule has 1 fully saturated rings. The third-order valence-electron chi connectivity index (χ3n) is 3.56. The van der Waals surface area contributed by atoms with Crippen molar-refractivity contribution in [3.63, 3.8) is 0 Å². The van der Waals surface area contributed by atoms with Crippen LogP contribution in [0.1, 0.15) is 39.0 Å². The summed E-state index contributed by atoms with van der Waals surface area (Å²) in [7, 11) is 1.88. The predicted octanol–water partition coefficient (Wildman–Crippen LogP) is 1.86. The molecule has 0 aliphatic heterocycles. The maximum atomic E-state index is 12.3. The normalized spacial score (nSPS) is 21.5. The minimum atomic E-state index is -0.584. The third-order valence-corrected chi connectivity index (χ3v) is 4.38. The molecule has 0 heterocycles. The van der Waals surface area contributed by atoms with Crippen LogP contribution in [-0.4, -0.2) is 41.4 Å². The average molecular weight is 244 g/mol. The van der Waals surface area contributed by atoms with Gasteiger partial charge in [-0.3, -0.25) is 4.79 Å². The highest BCUT2D eigenvalue weighted by Gasteiger charge is 2.38. The Morgan fingerprint density at radius 2 is 2.00 bits per heavy atom. The second-order valence-corrected chi connectivity index (χ2v) is 5.85. The van der Waals surface area contributed by atoms with Crippen LogP contribution >= 0.6 is 11.8 Å². The summed E-state index contributed by atoms with van der Waals surface area (Å²) in [5, 5.41) is 0. The Morgan fingerprint density at radius 3 is 2.50 bits per heavy atom. The van der Waals surface area contributed by atoms with Crippen LogP contribution in [0.3, 0.4) is 0 Å². The van der Waals surface area contributed by atoms with Crippen LogP contribution in [-0.2, 0) is 4.79 Å².